The fourth-order valence-electron chi connectivity index (χ4n) is 1.98. The highest BCUT2D eigenvalue weighted by Crippen LogP contribution is 2.18. The van der Waals surface area contributed by atoms with Gasteiger partial charge in [0.15, 0.2) is 0 Å². The molecule has 0 aliphatic carbocycles. The van der Waals surface area contributed by atoms with E-state index in [9.17, 15) is 0 Å². The maximum atomic E-state index is 5.83. The van der Waals surface area contributed by atoms with Crippen LogP contribution in [-0.4, -0.2) is 13.2 Å². The molecule has 2 aromatic carbocycles. The average Bonchev–Trinajstić information content (AvgIpc) is 2.46. The molecule has 2 heteroatoms. The SMILES string of the molecule is NC[C@@H](CCOc1ccccc1)c1ccccc1. The Kier molecular flexibility index (Phi) is 4.79. The fraction of sp³-hybridized carbons (Fsp3) is 0.250. The van der Waals surface area contributed by atoms with Crippen molar-refractivity contribution in [2.45, 2.75) is 12.3 Å². The molecule has 0 heterocycles. The van der Waals surface area contributed by atoms with Crippen LogP contribution in [0.4, 0.5) is 0 Å². The van der Waals surface area contributed by atoms with Gasteiger partial charge in [0.1, 0.15) is 5.75 Å². The summed E-state index contributed by atoms with van der Waals surface area (Å²) < 4.78 is 5.70. The Hall–Kier alpha value is -1.80. The number of ether oxygens (including phenoxy) is 1. The lowest BCUT2D eigenvalue weighted by atomic mass is 9.96. The van der Waals surface area contributed by atoms with Crippen LogP contribution in [0.5, 0.6) is 5.75 Å². The molecule has 2 rings (SSSR count). The van der Waals surface area contributed by atoms with Crippen molar-refractivity contribution in [2.24, 2.45) is 5.73 Å². The van der Waals surface area contributed by atoms with Gasteiger partial charge in [-0.15, -0.1) is 0 Å². The Morgan fingerprint density at radius 1 is 0.889 bits per heavy atom. The van der Waals surface area contributed by atoms with E-state index >= 15 is 0 Å². The number of para-hydroxylation sites is 1. The molecule has 0 saturated heterocycles. The van der Waals surface area contributed by atoms with E-state index in [1.165, 1.54) is 5.56 Å². The Labute approximate surface area is 108 Å². The second kappa shape index (κ2) is 6.82. The molecule has 0 saturated carbocycles. The molecule has 18 heavy (non-hydrogen) atoms. The summed E-state index contributed by atoms with van der Waals surface area (Å²) in [5, 5.41) is 0. The molecule has 1 atom stereocenters. The van der Waals surface area contributed by atoms with E-state index in [0.717, 1.165) is 12.2 Å². The van der Waals surface area contributed by atoms with Crippen molar-refractivity contribution in [2.75, 3.05) is 13.2 Å². The molecule has 0 spiro atoms. The van der Waals surface area contributed by atoms with Crippen LogP contribution in [0.15, 0.2) is 60.7 Å². The molecule has 0 radical (unpaired) electrons. The lowest BCUT2D eigenvalue weighted by Gasteiger charge is -2.15. The number of benzene rings is 2. The molecular weight excluding hydrogens is 222 g/mol. The van der Waals surface area contributed by atoms with Crippen molar-refractivity contribution in [3.8, 4) is 5.75 Å². The fourth-order valence-corrected chi connectivity index (χ4v) is 1.98. The number of hydrogen-bond acceptors (Lipinski definition) is 2. The first kappa shape index (κ1) is 12.7. The quantitative estimate of drug-likeness (QED) is 0.843. The van der Waals surface area contributed by atoms with E-state index in [1.54, 1.807) is 0 Å². The van der Waals surface area contributed by atoms with Gasteiger partial charge >= 0.3 is 0 Å². The molecule has 0 aliphatic heterocycles. The Morgan fingerprint density at radius 3 is 2.11 bits per heavy atom. The van der Waals surface area contributed by atoms with Gasteiger partial charge in [-0.1, -0.05) is 48.5 Å². The zero-order chi connectivity index (χ0) is 12.6. The third-order valence-corrected chi connectivity index (χ3v) is 3.03. The van der Waals surface area contributed by atoms with Crippen LogP contribution in [0, 0.1) is 0 Å². The van der Waals surface area contributed by atoms with Crippen LogP contribution in [0.25, 0.3) is 0 Å². The number of hydrogen-bond donors (Lipinski definition) is 1. The zero-order valence-corrected chi connectivity index (χ0v) is 10.5. The molecule has 2 nitrogen and oxygen atoms in total. The Morgan fingerprint density at radius 2 is 1.50 bits per heavy atom. The summed E-state index contributed by atoms with van der Waals surface area (Å²) in [6.07, 6.45) is 0.940. The molecule has 0 unspecified atom stereocenters. The third-order valence-electron chi connectivity index (χ3n) is 3.03. The van der Waals surface area contributed by atoms with Gasteiger partial charge in [0.25, 0.3) is 0 Å². The molecule has 0 amide bonds. The predicted octanol–water partition coefficient (Wildman–Crippen LogP) is 3.20. The van der Waals surface area contributed by atoms with Crippen molar-refractivity contribution in [3.63, 3.8) is 0 Å². The van der Waals surface area contributed by atoms with Crippen molar-refractivity contribution in [1.82, 2.24) is 0 Å². The van der Waals surface area contributed by atoms with Crippen molar-refractivity contribution >= 4 is 0 Å². The van der Waals surface area contributed by atoms with E-state index in [4.69, 9.17) is 10.5 Å². The standard InChI is InChI=1S/C16H19NO/c17-13-15(14-7-3-1-4-8-14)11-12-18-16-9-5-2-6-10-16/h1-10,15H,11-13,17H2/t15-/m1/s1. The summed E-state index contributed by atoms with van der Waals surface area (Å²) in [6.45, 7) is 1.35. The highest BCUT2D eigenvalue weighted by atomic mass is 16.5. The topological polar surface area (TPSA) is 35.2 Å². The monoisotopic (exact) mass is 241 g/mol. The van der Waals surface area contributed by atoms with E-state index in [0.29, 0.717) is 19.1 Å². The largest absolute Gasteiger partial charge is 0.494 e. The highest BCUT2D eigenvalue weighted by Gasteiger charge is 2.09. The first-order chi connectivity index (χ1) is 8.90. The van der Waals surface area contributed by atoms with E-state index in [-0.39, 0.29) is 0 Å². The predicted molar refractivity (Wildman–Crippen MR) is 74.8 cm³/mol. The minimum atomic E-state index is 0.370. The molecular formula is C16H19NO. The third kappa shape index (κ3) is 3.60. The summed E-state index contributed by atoms with van der Waals surface area (Å²) in [5.41, 5.74) is 7.12. The lowest BCUT2D eigenvalue weighted by molar-refractivity contribution is 0.298. The van der Waals surface area contributed by atoms with Crippen molar-refractivity contribution in [1.29, 1.82) is 0 Å². The molecule has 2 aromatic rings. The van der Waals surface area contributed by atoms with Gasteiger partial charge in [-0.3, -0.25) is 0 Å². The summed E-state index contributed by atoms with van der Waals surface area (Å²) in [5.74, 6) is 1.29. The van der Waals surface area contributed by atoms with Gasteiger partial charge in [0, 0.05) is 0 Å². The lowest BCUT2D eigenvalue weighted by Crippen LogP contribution is -2.15. The maximum Gasteiger partial charge on any atom is 0.119 e. The van der Waals surface area contributed by atoms with Gasteiger partial charge in [0.2, 0.25) is 0 Å². The summed E-state index contributed by atoms with van der Waals surface area (Å²) in [7, 11) is 0. The Bertz CT molecular complexity index is 441. The van der Waals surface area contributed by atoms with Crippen molar-refractivity contribution < 1.29 is 4.74 Å². The molecule has 0 bridgehead atoms. The first-order valence-corrected chi connectivity index (χ1v) is 6.33. The normalized spacial score (nSPS) is 12.1. The van der Waals surface area contributed by atoms with Gasteiger partial charge in [-0.05, 0) is 36.6 Å². The van der Waals surface area contributed by atoms with Crippen LogP contribution >= 0.6 is 0 Å². The zero-order valence-electron chi connectivity index (χ0n) is 10.5. The summed E-state index contributed by atoms with van der Waals surface area (Å²) in [6, 6.07) is 20.3. The van der Waals surface area contributed by atoms with Gasteiger partial charge in [-0.25, -0.2) is 0 Å². The summed E-state index contributed by atoms with van der Waals surface area (Å²) >= 11 is 0. The van der Waals surface area contributed by atoms with Crippen LogP contribution in [0.3, 0.4) is 0 Å². The van der Waals surface area contributed by atoms with Crippen LogP contribution in [-0.2, 0) is 0 Å². The Balaban J connectivity index is 1.85. The van der Waals surface area contributed by atoms with E-state index in [2.05, 4.69) is 24.3 Å². The molecule has 0 aromatic heterocycles. The van der Waals surface area contributed by atoms with Gasteiger partial charge in [-0.2, -0.15) is 0 Å². The van der Waals surface area contributed by atoms with E-state index in [1.807, 2.05) is 36.4 Å². The smallest absolute Gasteiger partial charge is 0.119 e. The van der Waals surface area contributed by atoms with Gasteiger partial charge < -0.3 is 10.5 Å². The van der Waals surface area contributed by atoms with E-state index < -0.39 is 0 Å². The van der Waals surface area contributed by atoms with Crippen molar-refractivity contribution in [3.05, 3.63) is 66.2 Å². The second-order valence-corrected chi connectivity index (χ2v) is 4.29. The number of nitrogens with two attached hydrogens (primary N) is 1. The molecule has 94 valence electrons. The molecule has 0 fully saturated rings. The maximum absolute atomic E-state index is 5.83. The summed E-state index contributed by atoms with van der Waals surface area (Å²) in [4.78, 5) is 0. The van der Waals surface area contributed by atoms with Gasteiger partial charge in [0.05, 0.1) is 6.61 Å². The second-order valence-electron chi connectivity index (χ2n) is 4.29. The first-order valence-electron chi connectivity index (χ1n) is 6.33. The minimum Gasteiger partial charge on any atom is -0.494 e. The van der Waals surface area contributed by atoms with Crippen LogP contribution < -0.4 is 10.5 Å². The minimum absolute atomic E-state index is 0.370. The van der Waals surface area contributed by atoms with Crippen LogP contribution in [0.1, 0.15) is 17.9 Å². The molecule has 0 aliphatic rings. The molecule has 2 N–H and O–H groups in total. The number of rotatable bonds is 6. The average molecular weight is 241 g/mol. The highest BCUT2D eigenvalue weighted by molar-refractivity contribution is 5.22. The van der Waals surface area contributed by atoms with Crippen LogP contribution in [0.2, 0.25) is 0 Å².